The van der Waals surface area contributed by atoms with Crippen molar-refractivity contribution in [3.63, 3.8) is 0 Å². The van der Waals surface area contributed by atoms with E-state index < -0.39 is 0 Å². The van der Waals surface area contributed by atoms with E-state index in [4.69, 9.17) is 0 Å². The van der Waals surface area contributed by atoms with Crippen LogP contribution in [0.15, 0.2) is 42.3 Å². The first kappa shape index (κ1) is 12.5. The molecule has 0 radical (unpaired) electrons. The number of hydrogen-bond donors (Lipinski definition) is 1. The second kappa shape index (κ2) is 8.10. The molecule has 0 aliphatic heterocycles. The summed E-state index contributed by atoms with van der Waals surface area (Å²) in [6.07, 6.45) is 8.16. The molecule has 0 aromatic heterocycles. The fourth-order valence-electron chi connectivity index (χ4n) is 0.838. The lowest BCUT2D eigenvalue weighted by Crippen LogP contribution is -2.16. The molecule has 0 heterocycles. The minimum atomic E-state index is 0.714. The highest BCUT2D eigenvalue weighted by atomic mass is 15.4. The Labute approximate surface area is 86.5 Å². The van der Waals surface area contributed by atoms with E-state index in [1.807, 2.05) is 13.1 Å². The molecule has 3 heteroatoms. The molecule has 0 bridgehead atoms. The van der Waals surface area contributed by atoms with Crippen LogP contribution >= 0.6 is 0 Å². The molecule has 0 rings (SSSR count). The van der Waals surface area contributed by atoms with Crippen LogP contribution in [0.25, 0.3) is 0 Å². The van der Waals surface area contributed by atoms with Crippen molar-refractivity contribution >= 4 is 6.21 Å². The summed E-state index contributed by atoms with van der Waals surface area (Å²) in [6, 6.07) is 0. The summed E-state index contributed by atoms with van der Waals surface area (Å²) in [7, 11) is 1.84. The van der Waals surface area contributed by atoms with E-state index in [2.05, 4.69) is 30.5 Å². The van der Waals surface area contributed by atoms with Gasteiger partial charge in [0.1, 0.15) is 0 Å². The molecule has 0 unspecified atom stereocenters. The largest absolute Gasteiger partial charge is 0.383 e. The van der Waals surface area contributed by atoms with Crippen molar-refractivity contribution in [2.24, 2.45) is 5.10 Å². The topological polar surface area (TPSA) is 27.6 Å². The fraction of sp³-hybridized carbons (Fsp3) is 0.364. The minimum Gasteiger partial charge on any atom is -0.383 e. The van der Waals surface area contributed by atoms with Gasteiger partial charge < -0.3 is 5.32 Å². The average Bonchev–Trinajstić information content (AvgIpc) is 2.22. The molecule has 0 aliphatic carbocycles. The fourth-order valence-corrected chi connectivity index (χ4v) is 0.838. The molecule has 0 spiro atoms. The first-order chi connectivity index (χ1) is 6.74. The standard InChI is InChI=1S/C11H19N3/c1-5-8-11(6-2)12-9-10-13-14(4)7-3/h5,7-8,10,12H,1,3,6,9H2,2,4H3/b11-8+,13-10-. The van der Waals surface area contributed by atoms with Crippen LogP contribution in [-0.2, 0) is 0 Å². The number of rotatable bonds is 7. The van der Waals surface area contributed by atoms with Gasteiger partial charge in [0, 0.05) is 25.2 Å². The van der Waals surface area contributed by atoms with Gasteiger partial charge >= 0.3 is 0 Å². The van der Waals surface area contributed by atoms with Crippen LogP contribution < -0.4 is 5.32 Å². The van der Waals surface area contributed by atoms with Crippen molar-refractivity contribution in [1.29, 1.82) is 0 Å². The third-order valence-electron chi connectivity index (χ3n) is 1.65. The third-order valence-corrected chi connectivity index (χ3v) is 1.65. The van der Waals surface area contributed by atoms with Crippen LogP contribution in [0.1, 0.15) is 13.3 Å². The highest BCUT2D eigenvalue weighted by Gasteiger charge is 1.88. The highest BCUT2D eigenvalue weighted by Crippen LogP contribution is 1.94. The lowest BCUT2D eigenvalue weighted by atomic mass is 10.3. The number of hydrazone groups is 1. The maximum atomic E-state index is 4.08. The summed E-state index contributed by atoms with van der Waals surface area (Å²) in [4.78, 5) is 0. The van der Waals surface area contributed by atoms with Gasteiger partial charge in [-0.3, -0.25) is 5.01 Å². The lowest BCUT2D eigenvalue weighted by molar-refractivity contribution is 0.493. The molecule has 3 nitrogen and oxygen atoms in total. The second-order valence-corrected chi connectivity index (χ2v) is 2.72. The van der Waals surface area contributed by atoms with Gasteiger partial charge in [-0.2, -0.15) is 5.10 Å². The lowest BCUT2D eigenvalue weighted by Gasteiger charge is -2.06. The molecule has 0 saturated carbocycles. The quantitative estimate of drug-likeness (QED) is 0.381. The van der Waals surface area contributed by atoms with Crippen molar-refractivity contribution in [2.45, 2.75) is 13.3 Å². The van der Waals surface area contributed by atoms with Gasteiger partial charge in [-0.15, -0.1) is 0 Å². The summed E-state index contributed by atoms with van der Waals surface area (Å²) in [5, 5.41) is 8.97. The van der Waals surface area contributed by atoms with E-state index in [-0.39, 0.29) is 0 Å². The first-order valence-electron chi connectivity index (χ1n) is 4.67. The number of nitrogens with one attached hydrogen (secondary N) is 1. The van der Waals surface area contributed by atoms with E-state index in [9.17, 15) is 0 Å². The van der Waals surface area contributed by atoms with Crippen LogP contribution in [0.3, 0.4) is 0 Å². The summed E-state index contributed by atoms with van der Waals surface area (Å²) < 4.78 is 0. The van der Waals surface area contributed by atoms with Gasteiger partial charge in [-0.1, -0.05) is 26.2 Å². The number of allylic oxidation sites excluding steroid dienone is 3. The normalized spacial score (nSPS) is 11.4. The molecule has 0 aromatic carbocycles. The van der Waals surface area contributed by atoms with Gasteiger partial charge in [0.15, 0.2) is 0 Å². The monoisotopic (exact) mass is 193 g/mol. The SMILES string of the molecule is C=C/C=C(\CC)NC/C=N\N(C)C=C. The predicted octanol–water partition coefficient (Wildman–Crippen LogP) is 2.12. The molecule has 0 aliphatic rings. The highest BCUT2D eigenvalue weighted by molar-refractivity contribution is 5.59. The van der Waals surface area contributed by atoms with E-state index in [1.54, 1.807) is 23.5 Å². The van der Waals surface area contributed by atoms with Crippen molar-refractivity contribution in [1.82, 2.24) is 10.3 Å². The Morgan fingerprint density at radius 2 is 2.21 bits per heavy atom. The van der Waals surface area contributed by atoms with E-state index in [1.165, 1.54) is 0 Å². The van der Waals surface area contributed by atoms with Crippen LogP contribution in [0.2, 0.25) is 0 Å². The Bertz CT molecular complexity index is 229. The summed E-state index contributed by atoms with van der Waals surface area (Å²) >= 11 is 0. The zero-order valence-electron chi connectivity index (χ0n) is 9.03. The molecule has 0 fully saturated rings. The van der Waals surface area contributed by atoms with E-state index in [0.717, 1.165) is 12.1 Å². The third kappa shape index (κ3) is 6.06. The van der Waals surface area contributed by atoms with Crippen molar-refractivity contribution in [3.05, 3.63) is 37.2 Å². The zero-order valence-corrected chi connectivity index (χ0v) is 9.03. The summed E-state index contributed by atoms with van der Waals surface area (Å²) in [5.41, 5.74) is 1.16. The van der Waals surface area contributed by atoms with Gasteiger partial charge in [-0.25, -0.2) is 0 Å². The van der Waals surface area contributed by atoms with Gasteiger partial charge in [0.05, 0.1) is 6.54 Å². The van der Waals surface area contributed by atoms with Crippen LogP contribution in [0.4, 0.5) is 0 Å². The Balaban J connectivity index is 3.82. The molecule has 0 aromatic rings. The predicted molar refractivity (Wildman–Crippen MR) is 63.0 cm³/mol. The summed E-state index contributed by atoms with van der Waals surface area (Å²) in [6.45, 7) is 10.0. The summed E-state index contributed by atoms with van der Waals surface area (Å²) in [5.74, 6) is 0. The Morgan fingerprint density at radius 3 is 2.71 bits per heavy atom. The van der Waals surface area contributed by atoms with Crippen LogP contribution in [0.5, 0.6) is 0 Å². The maximum absolute atomic E-state index is 4.08. The molecule has 14 heavy (non-hydrogen) atoms. The molecule has 0 atom stereocenters. The van der Waals surface area contributed by atoms with Crippen LogP contribution in [-0.4, -0.2) is 24.8 Å². The second-order valence-electron chi connectivity index (χ2n) is 2.72. The number of hydrogen-bond acceptors (Lipinski definition) is 3. The van der Waals surface area contributed by atoms with Gasteiger partial charge in [0.25, 0.3) is 0 Å². The Hall–Kier alpha value is -1.51. The van der Waals surface area contributed by atoms with Crippen molar-refractivity contribution < 1.29 is 0 Å². The van der Waals surface area contributed by atoms with Crippen LogP contribution in [0, 0.1) is 0 Å². The van der Waals surface area contributed by atoms with E-state index >= 15 is 0 Å². The Kier molecular flexibility index (Phi) is 7.23. The molecule has 0 saturated heterocycles. The van der Waals surface area contributed by atoms with Gasteiger partial charge in [-0.05, 0) is 12.5 Å². The molecule has 1 N–H and O–H groups in total. The van der Waals surface area contributed by atoms with Gasteiger partial charge in [0.2, 0.25) is 0 Å². The number of nitrogens with zero attached hydrogens (tertiary/aromatic N) is 2. The molecule has 78 valence electrons. The Morgan fingerprint density at radius 1 is 1.50 bits per heavy atom. The first-order valence-corrected chi connectivity index (χ1v) is 4.67. The smallest absolute Gasteiger partial charge is 0.0518 e. The van der Waals surface area contributed by atoms with Crippen molar-refractivity contribution in [3.8, 4) is 0 Å². The molecular formula is C11H19N3. The minimum absolute atomic E-state index is 0.714. The average molecular weight is 193 g/mol. The molecule has 0 amide bonds. The maximum Gasteiger partial charge on any atom is 0.0518 e. The van der Waals surface area contributed by atoms with Crippen molar-refractivity contribution in [2.75, 3.05) is 13.6 Å². The molecular weight excluding hydrogens is 174 g/mol. The zero-order chi connectivity index (χ0) is 10.8. The van der Waals surface area contributed by atoms with E-state index in [0.29, 0.717) is 6.54 Å².